The highest BCUT2D eigenvalue weighted by Gasteiger charge is 2.35. The Balaban J connectivity index is 1.93. The number of carbonyl (C=O) groups is 1. The quantitative estimate of drug-likeness (QED) is 0.759. The molecule has 1 amide bonds. The second kappa shape index (κ2) is 5.99. The molecule has 7 heteroatoms. The molecule has 116 valence electrons. The Morgan fingerprint density at radius 1 is 1.30 bits per heavy atom. The van der Waals surface area contributed by atoms with Crippen molar-refractivity contribution in [2.75, 3.05) is 40.0 Å². The van der Waals surface area contributed by atoms with Crippen molar-refractivity contribution >= 4 is 15.9 Å². The van der Waals surface area contributed by atoms with E-state index in [1.54, 1.807) is 0 Å². The minimum atomic E-state index is -3.13. The van der Waals surface area contributed by atoms with Crippen LogP contribution in [-0.4, -0.2) is 69.6 Å². The number of hydrogen-bond donors (Lipinski definition) is 1. The van der Waals surface area contributed by atoms with E-state index in [1.165, 1.54) is 10.6 Å². The molecule has 0 aromatic rings. The van der Waals surface area contributed by atoms with Gasteiger partial charge >= 0.3 is 0 Å². The Morgan fingerprint density at radius 3 is 2.45 bits per heavy atom. The van der Waals surface area contributed by atoms with Crippen molar-refractivity contribution in [3.05, 3.63) is 0 Å². The van der Waals surface area contributed by atoms with Gasteiger partial charge in [0.1, 0.15) is 0 Å². The first-order chi connectivity index (χ1) is 9.29. The minimum absolute atomic E-state index is 0.151. The van der Waals surface area contributed by atoms with Crippen molar-refractivity contribution in [3.63, 3.8) is 0 Å². The lowest BCUT2D eigenvalue weighted by atomic mass is 9.91. The molecule has 0 bridgehead atoms. The van der Waals surface area contributed by atoms with Gasteiger partial charge in [0, 0.05) is 31.6 Å². The van der Waals surface area contributed by atoms with Crippen molar-refractivity contribution in [1.82, 2.24) is 14.5 Å². The topological polar surface area (TPSA) is 69.7 Å². The van der Waals surface area contributed by atoms with E-state index in [0.717, 1.165) is 19.3 Å². The van der Waals surface area contributed by atoms with Crippen LogP contribution < -0.4 is 5.32 Å². The van der Waals surface area contributed by atoms with E-state index in [1.807, 2.05) is 14.1 Å². The summed E-state index contributed by atoms with van der Waals surface area (Å²) >= 11 is 0. The number of carbonyl (C=O) groups excluding carboxylic acids is 1. The number of rotatable bonds is 5. The van der Waals surface area contributed by atoms with Crippen LogP contribution in [0.3, 0.4) is 0 Å². The molecular formula is C13H25N3O3S. The third-order valence-corrected chi connectivity index (χ3v) is 5.57. The summed E-state index contributed by atoms with van der Waals surface area (Å²) in [6.07, 6.45) is 4.07. The second-order valence-corrected chi connectivity index (χ2v) is 8.20. The Hall–Kier alpha value is -0.660. The number of sulfonamides is 1. The first-order valence-electron chi connectivity index (χ1n) is 7.18. The fourth-order valence-electron chi connectivity index (χ4n) is 2.80. The number of piperidine rings is 1. The van der Waals surface area contributed by atoms with Crippen molar-refractivity contribution in [2.45, 2.75) is 25.3 Å². The average Bonchev–Trinajstić information content (AvgIpc) is 3.18. The number of likely N-dealkylation sites (N-methyl/N-ethyl adjacent to an activating group) is 1. The van der Waals surface area contributed by atoms with Crippen LogP contribution >= 0.6 is 0 Å². The maximum atomic E-state index is 11.7. The second-order valence-electron chi connectivity index (χ2n) is 6.22. The average molecular weight is 303 g/mol. The molecule has 2 aliphatic rings. The zero-order valence-corrected chi connectivity index (χ0v) is 13.3. The fourth-order valence-corrected chi connectivity index (χ4v) is 3.66. The van der Waals surface area contributed by atoms with Crippen LogP contribution in [0.15, 0.2) is 0 Å². The van der Waals surface area contributed by atoms with Crippen LogP contribution in [-0.2, 0) is 14.8 Å². The molecule has 1 aliphatic heterocycles. The monoisotopic (exact) mass is 303 g/mol. The lowest BCUT2D eigenvalue weighted by Crippen LogP contribution is -2.54. The van der Waals surface area contributed by atoms with E-state index >= 15 is 0 Å². The first-order valence-corrected chi connectivity index (χ1v) is 9.03. The van der Waals surface area contributed by atoms with Crippen LogP contribution in [0.4, 0.5) is 0 Å². The number of nitrogens with one attached hydrogen (secondary N) is 1. The van der Waals surface area contributed by atoms with Crippen LogP contribution in [0.25, 0.3) is 0 Å². The summed E-state index contributed by atoms with van der Waals surface area (Å²) in [6, 6.07) is 0.151. The normalized spacial score (nSPS) is 28.6. The van der Waals surface area contributed by atoms with Gasteiger partial charge in [-0.2, -0.15) is 0 Å². The lowest BCUT2D eigenvalue weighted by Gasteiger charge is -2.40. The van der Waals surface area contributed by atoms with Gasteiger partial charge in [0.15, 0.2) is 0 Å². The zero-order valence-electron chi connectivity index (χ0n) is 12.5. The van der Waals surface area contributed by atoms with Crippen LogP contribution in [0.1, 0.15) is 19.3 Å². The third kappa shape index (κ3) is 3.93. The Bertz CT molecular complexity index is 459. The van der Waals surface area contributed by atoms with Crippen LogP contribution in [0, 0.1) is 11.8 Å². The highest BCUT2D eigenvalue weighted by Crippen LogP contribution is 2.29. The molecule has 1 heterocycles. The van der Waals surface area contributed by atoms with Gasteiger partial charge in [-0.05, 0) is 39.3 Å². The molecule has 20 heavy (non-hydrogen) atoms. The van der Waals surface area contributed by atoms with Gasteiger partial charge < -0.3 is 10.2 Å². The molecule has 0 aromatic carbocycles. The largest absolute Gasteiger partial charge is 0.356 e. The summed E-state index contributed by atoms with van der Waals surface area (Å²) in [5.74, 6) is 0.697. The Morgan fingerprint density at radius 2 is 1.95 bits per heavy atom. The van der Waals surface area contributed by atoms with Crippen molar-refractivity contribution in [3.8, 4) is 0 Å². The molecule has 0 aromatic heterocycles. The maximum absolute atomic E-state index is 11.7. The maximum Gasteiger partial charge on any atom is 0.223 e. The number of hydrogen-bond acceptors (Lipinski definition) is 4. The smallest absolute Gasteiger partial charge is 0.223 e. The summed E-state index contributed by atoms with van der Waals surface area (Å²) < 4.78 is 24.9. The number of nitrogens with zero attached hydrogens (tertiary/aromatic N) is 2. The molecule has 6 nitrogen and oxygen atoms in total. The molecule has 0 unspecified atom stereocenters. The molecule has 0 spiro atoms. The van der Waals surface area contributed by atoms with Gasteiger partial charge in [0.05, 0.1) is 6.26 Å². The molecule has 2 fully saturated rings. The highest BCUT2D eigenvalue weighted by molar-refractivity contribution is 7.88. The van der Waals surface area contributed by atoms with E-state index in [2.05, 4.69) is 10.2 Å². The minimum Gasteiger partial charge on any atom is -0.356 e. The van der Waals surface area contributed by atoms with Crippen molar-refractivity contribution in [2.24, 2.45) is 11.8 Å². The summed E-state index contributed by atoms with van der Waals surface area (Å²) in [5, 5.41) is 3.02. The summed E-state index contributed by atoms with van der Waals surface area (Å²) in [4.78, 5) is 13.8. The molecular weight excluding hydrogens is 278 g/mol. The molecule has 1 N–H and O–H groups in total. The van der Waals surface area contributed by atoms with Gasteiger partial charge in [0.2, 0.25) is 15.9 Å². The molecule has 1 saturated heterocycles. The molecule has 1 saturated carbocycles. The van der Waals surface area contributed by atoms with Gasteiger partial charge in [-0.25, -0.2) is 12.7 Å². The van der Waals surface area contributed by atoms with E-state index in [4.69, 9.17) is 0 Å². The third-order valence-electron chi connectivity index (χ3n) is 4.30. The Labute approximate surface area is 121 Å². The van der Waals surface area contributed by atoms with E-state index in [9.17, 15) is 13.2 Å². The van der Waals surface area contributed by atoms with E-state index in [0.29, 0.717) is 25.6 Å². The van der Waals surface area contributed by atoms with Gasteiger partial charge in [0.25, 0.3) is 0 Å². The van der Waals surface area contributed by atoms with Gasteiger partial charge in [-0.1, -0.05) is 0 Å². The van der Waals surface area contributed by atoms with E-state index < -0.39 is 10.0 Å². The summed E-state index contributed by atoms with van der Waals surface area (Å²) in [5.41, 5.74) is 0. The molecule has 2 rings (SSSR count). The Kier molecular flexibility index (Phi) is 4.71. The number of amides is 1. The summed E-state index contributed by atoms with van der Waals surface area (Å²) in [7, 11) is 0.798. The SMILES string of the molecule is CN(C)[C@@H]1CN(S(C)(=O)=O)CC[C@@H]1CNC(=O)C1CC1. The lowest BCUT2D eigenvalue weighted by molar-refractivity contribution is -0.122. The summed E-state index contributed by atoms with van der Waals surface area (Å²) in [6.45, 7) is 1.71. The van der Waals surface area contributed by atoms with Crippen LogP contribution in [0.5, 0.6) is 0 Å². The fraction of sp³-hybridized carbons (Fsp3) is 0.923. The molecule has 1 aliphatic carbocycles. The predicted octanol–water partition coefficient (Wildman–Crippen LogP) is -0.276. The zero-order chi connectivity index (χ0) is 14.9. The van der Waals surface area contributed by atoms with Crippen molar-refractivity contribution < 1.29 is 13.2 Å². The first kappa shape index (κ1) is 15.7. The standard InChI is InChI=1S/C13H25N3O3S/c1-15(2)12-9-16(20(3,18)19)7-6-11(12)8-14-13(17)10-4-5-10/h10-12H,4-9H2,1-3H3,(H,14,17)/t11-,12-/m1/s1. The van der Waals surface area contributed by atoms with Gasteiger partial charge in [-0.15, -0.1) is 0 Å². The van der Waals surface area contributed by atoms with Gasteiger partial charge in [-0.3, -0.25) is 4.79 Å². The molecule has 2 atom stereocenters. The predicted molar refractivity (Wildman–Crippen MR) is 77.7 cm³/mol. The van der Waals surface area contributed by atoms with Crippen LogP contribution in [0.2, 0.25) is 0 Å². The highest BCUT2D eigenvalue weighted by atomic mass is 32.2. The van der Waals surface area contributed by atoms with Crippen molar-refractivity contribution in [1.29, 1.82) is 0 Å². The molecule has 0 radical (unpaired) electrons. The van der Waals surface area contributed by atoms with E-state index in [-0.39, 0.29) is 17.9 Å².